The number of aryl methyl sites for hydroxylation is 2. The normalized spacial score (nSPS) is 11.2. The minimum absolute atomic E-state index is 0.0995. The molecule has 4 nitrogen and oxygen atoms in total. The number of nitriles is 1. The van der Waals surface area contributed by atoms with Crippen molar-refractivity contribution in [3.8, 4) is 11.8 Å². The molecular weight excluding hydrogens is 358 g/mol. The average molecular weight is 383 g/mol. The van der Waals surface area contributed by atoms with Gasteiger partial charge in [-0.3, -0.25) is 4.79 Å². The van der Waals surface area contributed by atoms with Gasteiger partial charge in [-0.25, -0.2) is 0 Å². The number of aromatic nitrogens is 1. The Labute approximate surface area is 172 Å². The van der Waals surface area contributed by atoms with Crippen molar-refractivity contribution in [3.05, 3.63) is 94.3 Å². The molecule has 0 aliphatic carbocycles. The number of nitrogens with zero attached hydrogens (tertiary/aromatic N) is 2. The van der Waals surface area contributed by atoms with Gasteiger partial charge in [-0.05, 0) is 61.2 Å². The van der Waals surface area contributed by atoms with Crippen LogP contribution in [0.2, 0.25) is 0 Å². The van der Waals surface area contributed by atoms with Crippen LogP contribution in [-0.2, 0) is 17.8 Å². The van der Waals surface area contributed by atoms with Crippen LogP contribution in [-0.4, -0.2) is 10.5 Å². The van der Waals surface area contributed by atoms with Crippen molar-refractivity contribution in [2.24, 2.45) is 0 Å². The van der Waals surface area contributed by atoms with Crippen LogP contribution in [0, 0.1) is 25.2 Å². The van der Waals surface area contributed by atoms with Crippen LogP contribution in [0.3, 0.4) is 0 Å². The maximum atomic E-state index is 12.5. The maximum Gasteiger partial charge on any atom is 0.262 e. The fourth-order valence-electron chi connectivity index (χ4n) is 3.39. The van der Waals surface area contributed by atoms with E-state index >= 15 is 0 Å². The van der Waals surface area contributed by atoms with Gasteiger partial charge in [0.25, 0.3) is 5.91 Å². The molecule has 0 aliphatic heterocycles. The zero-order chi connectivity index (χ0) is 20.8. The van der Waals surface area contributed by atoms with E-state index in [-0.39, 0.29) is 11.5 Å². The van der Waals surface area contributed by atoms with Crippen molar-refractivity contribution in [2.75, 3.05) is 0 Å². The van der Waals surface area contributed by atoms with Crippen LogP contribution in [0.15, 0.2) is 66.2 Å². The van der Waals surface area contributed by atoms with Gasteiger partial charge >= 0.3 is 0 Å². The van der Waals surface area contributed by atoms with Crippen molar-refractivity contribution >= 4 is 12.0 Å². The predicted octanol–water partition coefficient (Wildman–Crippen LogP) is 4.88. The van der Waals surface area contributed by atoms with Crippen molar-refractivity contribution in [3.63, 3.8) is 0 Å². The number of benzene rings is 2. The third kappa shape index (κ3) is 4.64. The van der Waals surface area contributed by atoms with Crippen LogP contribution in [0.5, 0.6) is 0 Å². The second kappa shape index (κ2) is 9.07. The molecule has 1 amide bonds. The van der Waals surface area contributed by atoms with Crippen molar-refractivity contribution < 1.29 is 4.79 Å². The van der Waals surface area contributed by atoms with E-state index in [0.717, 1.165) is 34.6 Å². The largest absolute Gasteiger partial charge is 0.347 e. The number of amides is 1. The number of carbonyl (C=O) groups excluding carboxylic acids is 1. The van der Waals surface area contributed by atoms with E-state index in [1.54, 1.807) is 6.08 Å². The summed E-state index contributed by atoms with van der Waals surface area (Å²) in [5.41, 5.74) is 6.38. The summed E-state index contributed by atoms with van der Waals surface area (Å²) in [6.45, 7) is 6.56. The third-order valence-corrected chi connectivity index (χ3v) is 5.03. The number of hydrogen-bond donors (Lipinski definition) is 1. The number of carbonyl (C=O) groups is 1. The number of rotatable bonds is 6. The lowest BCUT2D eigenvalue weighted by atomic mass is 10.1. The van der Waals surface area contributed by atoms with E-state index < -0.39 is 0 Å². The molecule has 1 N–H and O–H groups in total. The van der Waals surface area contributed by atoms with Crippen molar-refractivity contribution in [2.45, 2.75) is 33.7 Å². The molecule has 0 saturated carbocycles. The lowest BCUT2D eigenvalue weighted by molar-refractivity contribution is -0.117. The zero-order valence-electron chi connectivity index (χ0n) is 17.1. The second-order valence-electron chi connectivity index (χ2n) is 7.02. The molecule has 146 valence electrons. The summed E-state index contributed by atoms with van der Waals surface area (Å²) in [5.74, 6) is -0.367. The summed E-state index contributed by atoms with van der Waals surface area (Å²) in [6, 6.07) is 22.1. The molecule has 0 radical (unpaired) electrons. The Morgan fingerprint density at radius 2 is 1.76 bits per heavy atom. The summed E-state index contributed by atoms with van der Waals surface area (Å²) < 4.78 is 2.14. The molecule has 3 rings (SSSR count). The molecule has 2 aromatic carbocycles. The van der Waals surface area contributed by atoms with Gasteiger partial charge in [0.2, 0.25) is 0 Å². The van der Waals surface area contributed by atoms with Crippen LogP contribution in [0.25, 0.3) is 11.8 Å². The fourth-order valence-corrected chi connectivity index (χ4v) is 3.39. The molecule has 0 bridgehead atoms. The summed E-state index contributed by atoms with van der Waals surface area (Å²) >= 11 is 0. The fraction of sp³-hybridized carbons (Fsp3) is 0.200. The first-order valence-corrected chi connectivity index (χ1v) is 9.75. The molecule has 0 atom stereocenters. The Morgan fingerprint density at radius 1 is 1.07 bits per heavy atom. The minimum Gasteiger partial charge on any atom is -0.347 e. The molecule has 4 heteroatoms. The summed E-state index contributed by atoms with van der Waals surface area (Å²) in [5, 5.41) is 12.3. The minimum atomic E-state index is -0.367. The smallest absolute Gasteiger partial charge is 0.262 e. The van der Waals surface area contributed by atoms with Crippen LogP contribution in [0.4, 0.5) is 0 Å². The molecule has 29 heavy (non-hydrogen) atoms. The number of hydrogen-bond acceptors (Lipinski definition) is 2. The zero-order valence-corrected chi connectivity index (χ0v) is 17.1. The van der Waals surface area contributed by atoms with Crippen molar-refractivity contribution in [1.82, 2.24) is 9.88 Å². The molecule has 1 heterocycles. The SMILES string of the molecule is CCc1ccc(-n2c(C)cc(/C=C(/C#N)C(=O)NCc3ccccc3)c2C)cc1. The monoisotopic (exact) mass is 383 g/mol. The lowest BCUT2D eigenvalue weighted by Gasteiger charge is -2.10. The maximum absolute atomic E-state index is 12.5. The van der Waals surface area contributed by atoms with E-state index in [9.17, 15) is 10.1 Å². The van der Waals surface area contributed by atoms with E-state index in [2.05, 4.69) is 41.1 Å². The third-order valence-electron chi connectivity index (χ3n) is 5.03. The molecule has 0 aliphatic rings. The highest BCUT2D eigenvalue weighted by atomic mass is 16.1. The molecule has 1 aromatic heterocycles. The van der Waals surface area contributed by atoms with Gasteiger partial charge in [0.1, 0.15) is 11.6 Å². The first kappa shape index (κ1) is 20.2. The molecule has 0 spiro atoms. The first-order valence-electron chi connectivity index (χ1n) is 9.75. The average Bonchev–Trinajstić information content (AvgIpc) is 3.03. The number of nitrogens with one attached hydrogen (secondary N) is 1. The Balaban J connectivity index is 1.84. The summed E-state index contributed by atoms with van der Waals surface area (Å²) in [7, 11) is 0. The molecule has 3 aromatic rings. The lowest BCUT2D eigenvalue weighted by Crippen LogP contribution is -2.23. The summed E-state index contributed by atoms with van der Waals surface area (Å²) in [4.78, 5) is 12.5. The van der Waals surface area contributed by atoms with Crippen LogP contribution < -0.4 is 5.32 Å². The van der Waals surface area contributed by atoms with Gasteiger partial charge in [-0.2, -0.15) is 5.26 Å². The molecule has 0 unspecified atom stereocenters. The topological polar surface area (TPSA) is 57.8 Å². The van der Waals surface area contributed by atoms with Gasteiger partial charge < -0.3 is 9.88 Å². The molecule has 0 fully saturated rings. The van der Waals surface area contributed by atoms with Gasteiger partial charge in [-0.15, -0.1) is 0 Å². The van der Waals surface area contributed by atoms with Crippen molar-refractivity contribution in [1.29, 1.82) is 5.26 Å². The predicted molar refractivity (Wildman–Crippen MR) is 116 cm³/mol. The van der Waals surface area contributed by atoms with Gasteiger partial charge in [-0.1, -0.05) is 49.4 Å². The van der Waals surface area contributed by atoms with Gasteiger partial charge in [0.15, 0.2) is 0 Å². The Kier molecular flexibility index (Phi) is 6.31. The van der Waals surface area contributed by atoms with E-state index in [0.29, 0.717) is 6.54 Å². The van der Waals surface area contributed by atoms with E-state index in [4.69, 9.17) is 0 Å². The van der Waals surface area contributed by atoms with Crippen LogP contribution >= 0.6 is 0 Å². The highest BCUT2D eigenvalue weighted by molar-refractivity contribution is 6.01. The first-order chi connectivity index (χ1) is 14.0. The highest BCUT2D eigenvalue weighted by Gasteiger charge is 2.13. The van der Waals surface area contributed by atoms with E-state index in [1.807, 2.05) is 56.3 Å². The van der Waals surface area contributed by atoms with Crippen LogP contribution in [0.1, 0.15) is 35.0 Å². The van der Waals surface area contributed by atoms with Gasteiger partial charge in [0, 0.05) is 23.6 Å². The van der Waals surface area contributed by atoms with Gasteiger partial charge in [0.05, 0.1) is 0 Å². The Hall–Kier alpha value is -3.58. The van der Waals surface area contributed by atoms with E-state index in [1.165, 1.54) is 5.56 Å². The quantitative estimate of drug-likeness (QED) is 0.487. The Morgan fingerprint density at radius 3 is 2.38 bits per heavy atom. The highest BCUT2D eigenvalue weighted by Crippen LogP contribution is 2.23. The Bertz CT molecular complexity index is 1070. The summed E-state index contributed by atoms with van der Waals surface area (Å²) in [6.07, 6.45) is 2.67. The molecular formula is C25H25N3O. The standard InChI is InChI=1S/C25H25N3O/c1-4-20-10-12-24(13-11-20)28-18(2)14-22(19(28)3)15-23(16-26)25(29)27-17-21-8-6-5-7-9-21/h5-15H,4,17H2,1-3H3,(H,27,29)/b23-15-. The second-order valence-corrected chi connectivity index (χ2v) is 7.02. The molecule has 0 saturated heterocycles.